The Kier molecular flexibility index (Phi) is 3.92. The Labute approximate surface area is 130 Å². The third-order valence-corrected chi connectivity index (χ3v) is 3.41. The predicted octanol–water partition coefficient (Wildman–Crippen LogP) is 4.05. The van der Waals surface area contributed by atoms with Crippen molar-refractivity contribution >= 4 is 16.7 Å². The number of aryl methyl sites for hydroxylation is 1. The van der Waals surface area contributed by atoms with E-state index in [4.69, 9.17) is 4.74 Å². The van der Waals surface area contributed by atoms with Crippen LogP contribution < -0.4 is 9.64 Å². The quantitative estimate of drug-likeness (QED) is 0.727. The molecule has 0 aliphatic heterocycles. The molecule has 0 bridgehead atoms. The first-order chi connectivity index (χ1) is 10.7. The molecule has 22 heavy (non-hydrogen) atoms. The lowest BCUT2D eigenvalue weighted by Gasteiger charge is -2.15. The molecular formula is C18H19N3O. The molecule has 0 saturated heterocycles. The lowest BCUT2D eigenvalue weighted by molar-refractivity contribution is 0.483. The van der Waals surface area contributed by atoms with Crippen LogP contribution in [0.3, 0.4) is 0 Å². The smallest absolute Gasteiger partial charge is 0.139 e. The van der Waals surface area contributed by atoms with Crippen LogP contribution in [-0.2, 0) is 6.42 Å². The van der Waals surface area contributed by atoms with Crippen molar-refractivity contribution in [2.75, 3.05) is 19.0 Å². The maximum Gasteiger partial charge on any atom is 0.139 e. The molecule has 3 aromatic rings. The Hall–Kier alpha value is -2.62. The number of ether oxygens (including phenoxy) is 1. The molecular weight excluding hydrogens is 274 g/mol. The highest BCUT2D eigenvalue weighted by Crippen LogP contribution is 2.28. The lowest BCUT2D eigenvalue weighted by atomic mass is 10.2. The zero-order valence-electron chi connectivity index (χ0n) is 13.1. The molecule has 112 valence electrons. The van der Waals surface area contributed by atoms with E-state index in [-0.39, 0.29) is 0 Å². The molecule has 1 aromatic heterocycles. The van der Waals surface area contributed by atoms with Crippen molar-refractivity contribution in [2.45, 2.75) is 13.3 Å². The van der Waals surface area contributed by atoms with Crippen LogP contribution in [-0.4, -0.2) is 24.1 Å². The molecule has 0 unspecified atom stereocenters. The van der Waals surface area contributed by atoms with Gasteiger partial charge < -0.3 is 9.64 Å². The van der Waals surface area contributed by atoms with Crippen LogP contribution in [0.25, 0.3) is 10.9 Å². The molecule has 0 fully saturated rings. The average Bonchev–Trinajstić information content (AvgIpc) is 2.54. The Morgan fingerprint density at radius 3 is 2.41 bits per heavy atom. The van der Waals surface area contributed by atoms with Crippen LogP contribution >= 0.6 is 0 Å². The van der Waals surface area contributed by atoms with E-state index in [1.165, 1.54) is 0 Å². The van der Waals surface area contributed by atoms with Gasteiger partial charge in [0.2, 0.25) is 0 Å². The third-order valence-electron chi connectivity index (χ3n) is 3.41. The summed E-state index contributed by atoms with van der Waals surface area (Å²) in [5.74, 6) is 3.38. The number of hydrogen-bond donors (Lipinski definition) is 0. The number of rotatable bonds is 4. The minimum atomic E-state index is 0.782. The van der Waals surface area contributed by atoms with E-state index >= 15 is 0 Å². The van der Waals surface area contributed by atoms with Gasteiger partial charge in [-0.15, -0.1) is 0 Å². The van der Waals surface area contributed by atoms with Crippen LogP contribution in [0.4, 0.5) is 5.82 Å². The molecule has 0 radical (unpaired) electrons. The highest BCUT2D eigenvalue weighted by Gasteiger charge is 2.10. The fourth-order valence-corrected chi connectivity index (χ4v) is 2.33. The molecule has 0 aliphatic carbocycles. The molecule has 4 nitrogen and oxygen atoms in total. The number of fused-ring (bicyclic) bond motifs is 1. The topological polar surface area (TPSA) is 38.2 Å². The Bertz CT molecular complexity index is 785. The summed E-state index contributed by atoms with van der Waals surface area (Å²) in [6.07, 6.45) is 0.806. The number of nitrogens with zero attached hydrogens (tertiary/aromatic N) is 3. The molecule has 3 rings (SSSR count). The zero-order valence-corrected chi connectivity index (χ0v) is 13.1. The Balaban J connectivity index is 2.05. The minimum Gasteiger partial charge on any atom is -0.457 e. The van der Waals surface area contributed by atoms with Crippen molar-refractivity contribution in [3.63, 3.8) is 0 Å². The van der Waals surface area contributed by atoms with Crippen molar-refractivity contribution in [3.05, 3.63) is 54.4 Å². The largest absolute Gasteiger partial charge is 0.457 e. The molecule has 0 N–H and O–H groups in total. The van der Waals surface area contributed by atoms with Gasteiger partial charge in [-0.1, -0.05) is 25.1 Å². The second-order valence-corrected chi connectivity index (χ2v) is 5.31. The first-order valence-corrected chi connectivity index (χ1v) is 7.38. The van der Waals surface area contributed by atoms with Gasteiger partial charge in [-0.2, -0.15) is 0 Å². The second kappa shape index (κ2) is 6.02. The van der Waals surface area contributed by atoms with Crippen LogP contribution in [0.1, 0.15) is 12.7 Å². The van der Waals surface area contributed by atoms with E-state index in [0.29, 0.717) is 0 Å². The summed E-state index contributed by atoms with van der Waals surface area (Å²) in [5.41, 5.74) is 0.906. The van der Waals surface area contributed by atoms with Gasteiger partial charge in [0, 0.05) is 32.0 Å². The number of benzene rings is 2. The van der Waals surface area contributed by atoms with Gasteiger partial charge in [0.15, 0.2) is 0 Å². The van der Waals surface area contributed by atoms with Gasteiger partial charge in [-0.25, -0.2) is 9.97 Å². The first kappa shape index (κ1) is 14.3. The van der Waals surface area contributed by atoms with E-state index in [1.807, 2.05) is 67.5 Å². The van der Waals surface area contributed by atoms with Crippen molar-refractivity contribution in [2.24, 2.45) is 0 Å². The summed E-state index contributed by atoms with van der Waals surface area (Å²) in [4.78, 5) is 11.2. The van der Waals surface area contributed by atoms with Gasteiger partial charge in [0.25, 0.3) is 0 Å². The monoisotopic (exact) mass is 293 g/mol. The molecule has 0 amide bonds. The van der Waals surface area contributed by atoms with Gasteiger partial charge in [-0.3, -0.25) is 0 Å². The molecule has 4 heteroatoms. The summed E-state index contributed by atoms with van der Waals surface area (Å²) in [6.45, 7) is 2.06. The zero-order chi connectivity index (χ0) is 15.5. The average molecular weight is 293 g/mol. The van der Waals surface area contributed by atoms with E-state index < -0.39 is 0 Å². The standard InChI is InChI=1S/C18H19N3O/c1-4-17-19-16-12-14(22-13-8-6-5-7-9-13)10-11-15(16)18(20-17)21(2)3/h5-12H,4H2,1-3H3. The van der Waals surface area contributed by atoms with E-state index in [1.54, 1.807) is 0 Å². The lowest BCUT2D eigenvalue weighted by Crippen LogP contribution is -2.13. The Morgan fingerprint density at radius 2 is 1.73 bits per heavy atom. The van der Waals surface area contributed by atoms with Crippen LogP contribution in [0, 0.1) is 0 Å². The molecule has 1 heterocycles. The SMILES string of the molecule is CCc1nc(N(C)C)c2ccc(Oc3ccccc3)cc2n1. The number of para-hydroxylation sites is 1. The summed E-state index contributed by atoms with van der Waals surface area (Å²) in [7, 11) is 3.99. The summed E-state index contributed by atoms with van der Waals surface area (Å²) in [5, 5.41) is 1.03. The summed E-state index contributed by atoms with van der Waals surface area (Å²) in [6, 6.07) is 15.7. The predicted molar refractivity (Wildman–Crippen MR) is 89.8 cm³/mol. The molecule has 0 atom stereocenters. The highest BCUT2D eigenvalue weighted by atomic mass is 16.5. The van der Waals surface area contributed by atoms with Crippen molar-refractivity contribution in [3.8, 4) is 11.5 Å². The molecule has 0 saturated carbocycles. The number of anilines is 1. The van der Waals surface area contributed by atoms with Gasteiger partial charge in [-0.05, 0) is 24.3 Å². The molecule has 0 spiro atoms. The van der Waals surface area contributed by atoms with E-state index in [9.17, 15) is 0 Å². The third kappa shape index (κ3) is 2.86. The first-order valence-electron chi connectivity index (χ1n) is 7.38. The maximum atomic E-state index is 5.89. The maximum absolute atomic E-state index is 5.89. The fraction of sp³-hybridized carbons (Fsp3) is 0.222. The molecule has 2 aromatic carbocycles. The van der Waals surface area contributed by atoms with Crippen LogP contribution in [0.2, 0.25) is 0 Å². The van der Waals surface area contributed by atoms with Crippen molar-refractivity contribution < 1.29 is 4.74 Å². The second-order valence-electron chi connectivity index (χ2n) is 5.31. The van der Waals surface area contributed by atoms with Crippen molar-refractivity contribution in [1.82, 2.24) is 9.97 Å². The highest BCUT2D eigenvalue weighted by molar-refractivity contribution is 5.90. The number of aromatic nitrogens is 2. The summed E-state index contributed by atoms with van der Waals surface area (Å²) < 4.78 is 5.89. The van der Waals surface area contributed by atoms with E-state index in [2.05, 4.69) is 16.9 Å². The molecule has 0 aliphatic rings. The Morgan fingerprint density at radius 1 is 0.955 bits per heavy atom. The summed E-state index contributed by atoms with van der Waals surface area (Å²) >= 11 is 0. The van der Waals surface area contributed by atoms with Crippen LogP contribution in [0.15, 0.2) is 48.5 Å². The van der Waals surface area contributed by atoms with Gasteiger partial charge in [0.1, 0.15) is 23.1 Å². The normalized spacial score (nSPS) is 10.7. The van der Waals surface area contributed by atoms with E-state index in [0.717, 1.165) is 40.5 Å². The fourth-order valence-electron chi connectivity index (χ4n) is 2.33. The van der Waals surface area contributed by atoms with Gasteiger partial charge >= 0.3 is 0 Å². The van der Waals surface area contributed by atoms with Crippen LogP contribution in [0.5, 0.6) is 11.5 Å². The number of hydrogen-bond acceptors (Lipinski definition) is 4. The van der Waals surface area contributed by atoms with Gasteiger partial charge in [0.05, 0.1) is 5.52 Å². The minimum absolute atomic E-state index is 0.782. The van der Waals surface area contributed by atoms with Crippen molar-refractivity contribution in [1.29, 1.82) is 0 Å².